The molecule has 0 saturated carbocycles. The highest BCUT2D eigenvalue weighted by molar-refractivity contribution is 14.1. The standard InChI is InChI=1S/C15H18IN3O/c1-4-13-18-14(17-5-2)10(3)15(19-13)20-12-9-7-6-8-11(12)16/h6-9H,4-5H2,1-3H3,(H,17,18,19). The summed E-state index contributed by atoms with van der Waals surface area (Å²) in [4.78, 5) is 8.99. The van der Waals surface area contributed by atoms with Gasteiger partial charge in [-0.05, 0) is 48.6 Å². The fourth-order valence-corrected chi connectivity index (χ4v) is 2.27. The molecule has 106 valence electrons. The first-order valence-corrected chi connectivity index (χ1v) is 7.77. The molecule has 0 saturated heterocycles. The molecule has 1 aromatic heterocycles. The van der Waals surface area contributed by atoms with Crippen molar-refractivity contribution >= 4 is 28.4 Å². The normalized spacial score (nSPS) is 10.4. The molecule has 1 heterocycles. The smallest absolute Gasteiger partial charge is 0.227 e. The zero-order valence-electron chi connectivity index (χ0n) is 11.9. The highest BCUT2D eigenvalue weighted by atomic mass is 127. The molecule has 0 aliphatic heterocycles. The number of nitrogens with one attached hydrogen (secondary N) is 1. The lowest BCUT2D eigenvalue weighted by Crippen LogP contribution is -2.07. The van der Waals surface area contributed by atoms with Crippen molar-refractivity contribution in [3.05, 3.63) is 39.2 Å². The van der Waals surface area contributed by atoms with Gasteiger partial charge < -0.3 is 10.1 Å². The number of hydrogen-bond donors (Lipinski definition) is 1. The monoisotopic (exact) mass is 383 g/mol. The number of benzene rings is 1. The predicted molar refractivity (Wildman–Crippen MR) is 89.5 cm³/mol. The molecule has 0 aliphatic carbocycles. The third-order valence-corrected chi connectivity index (χ3v) is 3.74. The molecule has 4 nitrogen and oxygen atoms in total. The molecule has 0 aliphatic rings. The average molecular weight is 383 g/mol. The Bertz CT molecular complexity index is 602. The van der Waals surface area contributed by atoms with Gasteiger partial charge in [-0.3, -0.25) is 0 Å². The number of rotatable bonds is 5. The molecule has 2 aromatic rings. The maximum Gasteiger partial charge on any atom is 0.227 e. The fourth-order valence-electron chi connectivity index (χ4n) is 1.77. The highest BCUT2D eigenvalue weighted by Crippen LogP contribution is 2.29. The molecule has 0 radical (unpaired) electrons. The second-order valence-electron chi connectivity index (χ2n) is 4.33. The Labute approximate surface area is 133 Å². The van der Waals surface area contributed by atoms with E-state index in [4.69, 9.17) is 4.74 Å². The summed E-state index contributed by atoms with van der Waals surface area (Å²) in [7, 11) is 0. The SMILES string of the molecule is CCNc1nc(CC)nc(Oc2ccccc2I)c1C. The van der Waals surface area contributed by atoms with E-state index in [1.54, 1.807) is 0 Å². The fraction of sp³-hybridized carbons (Fsp3) is 0.333. The summed E-state index contributed by atoms with van der Waals surface area (Å²) in [5.74, 6) is 3.07. The van der Waals surface area contributed by atoms with Crippen LogP contribution >= 0.6 is 22.6 Å². The molecule has 20 heavy (non-hydrogen) atoms. The number of aryl methyl sites for hydroxylation is 1. The summed E-state index contributed by atoms with van der Waals surface area (Å²) in [5, 5.41) is 3.26. The van der Waals surface area contributed by atoms with Gasteiger partial charge in [0.25, 0.3) is 0 Å². The number of halogens is 1. The van der Waals surface area contributed by atoms with Crippen molar-refractivity contribution in [1.82, 2.24) is 9.97 Å². The van der Waals surface area contributed by atoms with Gasteiger partial charge in [-0.15, -0.1) is 0 Å². The van der Waals surface area contributed by atoms with Crippen LogP contribution in [0.15, 0.2) is 24.3 Å². The number of nitrogens with zero attached hydrogens (tertiary/aromatic N) is 2. The molecule has 0 fully saturated rings. The quantitative estimate of drug-likeness (QED) is 0.788. The number of aromatic nitrogens is 2. The van der Waals surface area contributed by atoms with Crippen molar-refractivity contribution in [1.29, 1.82) is 0 Å². The summed E-state index contributed by atoms with van der Waals surface area (Å²) in [6, 6.07) is 7.91. The van der Waals surface area contributed by atoms with Gasteiger partial charge in [0, 0.05) is 13.0 Å². The summed E-state index contributed by atoms with van der Waals surface area (Å²) in [5.41, 5.74) is 0.934. The zero-order valence-corrected chi connectivity index (χ0v) is 14.1. The van der Waals surface area contributed by atoms with Gasteiger partial charge in [-0.2, -0.15) is 4.98 Å². The van der Waals surface area contributed by atoms with Gasteiger partial charge in [-0.25, -0.2) is 4.98 Å². The minimum Gasteiger partial charge on any atom is -0.437 e. The lowest BCUT2D eigenvalue weighted by Gasteiger charge is -2.14. The van der Waals surface area contributed by atoms with Gasteiger partial charge >= 0.3 is 0 Å². The predicted octanol–water partition coefficient (Wildman–Crippen LogP) is 4.18. The van der Waals surface area contributed by atoms with Crippen LogP contribution in [-0.4, -0.2) is 16.5 Å². The lowest BCUT2D eigenvalue weighted by atomic mass is 10.3. The summed E-state index contributed by atoms with van der Waals surface area (Å²) < 4.78 is 7.03. The van der Waals surface area contributed by atoms with E-state index in [1.165, 1.54) is 0 Å². The van der Waals surface area contributed by atoms with Gasteiger partial charge in [0.15, 0.2) is 0 Å². The van der Waals surface area contributed by atoms with Gasteiger partial charge in [-0.1, -0.05) is 19.1 Å². The molecule has 5 heteroatoms. The Balaban J connectivity index is 2.40. The van der Waals surface area contributed by atoms with Gasteiger partial charge in [0.05, 0.1) is 9.13 Å². The van der Waals surface area contributed by atoms with E-state index in [1.807, 2.05) is 45.0 Å². The Morgan fingerprint density at radius 1 is 1.20 bits per heavy atom. The first kappa shape index (κ1) is 15.0. The summed E-state index contributed by atoms with van der Waals surface area (Å²) >= 11 is 2.26. The Morgan fingerprint density at radius 3 is 2.60 bits per heavy atom. The third kappa shape index (κ3) is 3.39. The summed E-state index contributed by atoms with van der Waals surface area (Å²) in [6.45, 7) is 6.89. The van der Waals surface area contributed by atoms with Crippen molar-refractivity contribution in [2.75, 3.05) is 11.9 Å². The summed E-state index contributed by atoms with van der Waals surface area (Å²) in [6.07, 6.45) is 0.779. The van der Waals surface area contributed by atoms with E-state index in [-0.39, 0.29) is 0 Å². The first-order valence-electron chi connectivity index (χ1n) is 6.69. The van der Waals surface area contributed by atoms with Crippen LogP contribution in [0, 0.1) is 10.5 Å². The molecule has 1 N–H and O–H groups in total. The molecule has 0 bridgehead atoms. The van der Waals surface area contributed by atoms with Crippen LogP contribution in [-0.2, 0) is 6.42 Å². The number of anilines is 1. The molecular weight excluding hydrogens is 365 g/mol. The maximum atomic E-state index is 5.97. The van der Waals surface area contributed by atoms with Crippen molar-refractivity contribution in [2.45, 2.75) is 27.2 Å². The van der Waals surface area contributed by atoms with Crippen LogP contribution in [0.25, 0.3) is 0 Å². The van der Waals surface area contributed by atoms with E-state index in [0.29, 0.717) is 5.88 Å². The number of para-hydroxylation sites is 1. The second-order valence-corrected chi connectivity index (χ2v) is 5.50. The van der Waals surface area contributed by atoms with Crippen LogP contribution in [0.5, 0.6) is 11.6 Å². The average Bonchev–Trinajstić information content (AvgIpc) is 2.45. The number of ether oxygens (including phenoxy) is 1. The van der Waals surface area contributed by atoms with Crippen molar-refractivity contribution in [3.63, 3.8) is 0 Å². The molecule has 2 rings (SSSR count). The topological polar surface area (TPSA) is 47.0 Å². The van der Waals surface area contributed by atoms with Gasteiger partial charge in [0.2, 0.25) is 5.88 Å². The van der Waals surface area contributed by atoms with Crippen molar-refractivity contribution in [2.24, 2.45) is 0 Å². The van der Waals surface area contributed by atoms with E-state index in [9.17, 15) is 0 Å². The molecular formula is C15H18IN3O. The van der Waals surface area contributed by atoms with Crippen molar-refractivity contribution in [3.8, 4) is 11.6 Å². The van der Waals surface area contributed by atoms with E-state index < -0.39 is 0 Å². The van der Waals surface area contributed by atoms with Crippen LogP contribution in [0.4, 0.5) is 5.82 Å². The lowest BCUT2D eigenvalue weighted by molar-refractivity contribution is 0.452. The van der Waals surface area contributed by atoms with Crippen LogP contribution in [0.3, 0.4) is 0 Å². The first-order chi connectivity index (χ1) is 9.65. The zero-order chi connectivity index (χ0) is 14.5. The Morgan fingerprint density at radius 2 is 1.95 bits per heavy atom. The van der Waals surface area contributed by atoms with Crippen LogP contribution in [0.2, 0.25) is 0 Å². The van der Waals surface area contributed by atoms with E-state index >= 15 is 0 Å². The largest absolute Gasteiger partial charge is 0.437 e. The Hall–Kier alpha value is -1.37. The second kappa shape index (κ2) is 6.88. The molecule has 0 atom stereocenters. The van der Waals surface area contributed by atoms with Crippen LogP contribution in [0.1, 0.15) is 25.2 Å². The maximum absolute atomic E-state index is 5.97. The number of hydrogen-bond acceptors (Lipinski definition) is 4. The molecule has 0 unspecified atom stereocenters. The molecule has 1 aromatic carbocycles. The van der Waals surface area contributed by atoms with E-state index in [0.717, 1.165) is 39.5 Å². The van der Waals surface area contributed by atoms with E-state index in [2.05, 4.69) is 37.9 Å². The molecule has 0 spiro atoms. The van der Waals surface area contributed by atoms with Crippen LogP contribution < -0.4 is 10.1 Å². The minimum absolute atomic E-state index is 0.622. The Kier molecular flexibility index (Phi) is 5.17. The van der Waals surface area contributed by atoms with Crippen molar-refractivity contribution < 1.29 is 4.74 Å². The highest BCUT2D eigenvalue weighted by Gasteiger charge is 2.12. The van der Waals surface area contributed by atoms with Gasteiger partial charge in [0.1, 0.15) is 17.4 Å². The molecule has 0 amide bonds. The third-order valence-electron chi connectivity index (χ3n) is 2.85. The minimum atomic E-state index is 0.622.